The van der Waals surface area contributed by atoms with Crippen LogP contribution in [0.1, 0.15) is 12.0 Å². The zero-order chi connectivity index (χ0) is 17.5. The maximum atomic E-state index is 13.7. The molecule has 132 valence electrons. The Hall–Kier alpha value is -2.56. The molecular formula is C20H25FN4. The smallest absolute Gasteiger partial charge is 0.191 e. The van der Waals surface area contributed by atoms with Gasteiger partial charge in [0, 0.05) is 44.5 Å². The number of hydrogen-bond donors (Lipinski definition) is 2. The van der Waals surface area contributed by atoms with Crippen LogP contribution in [0.15, 0.2) is 59.6 Å². The van der Waals surface area contributed by atoms with Crippen LogP contribution in [-0.2, 0) is 6.54 Å². The van der Waals surface area contributed by atoms with Gasteiger partial charge in [0.25, 0.3) is 0 Å². The Labute approximate surface area is 148 Å². The molecule has 0 amide bonds. The number of nitrogens with zero attached hydrogens (tertiary/aromatic N) is 2. The minimum Gasteiger partial charge on any atom is -0.371 e. The topological polar surface area (TPSA) is 39.7 Å². The van der Waals surface area contributed by atoms with E-state index in [1.807, 2.05) is 12.1 Å². The number of guanidine groups is 1. The minimum atomic E-state index is -0.195. The average molecular weight is 340 g/mol. The highest BCUT2D eigenvalue weighted by molar-refractivity contribution is 5.79. The number of anilines is 1. The molecule has 0 bridgehead atoms. The normalized spacial score (nSPS) is 17.6. The predicted octanol–water partition coefficient (Wildman–Crippen LogP) is 3.02. The largest absolute Gasteiger partial charge is 0.371 e. The second-order valence-electron chi connectivity index (χ2n) is 6.33. The first-order valence-electron chi connectivity index (χ1n) is 8.74. The van der Waals surface area contributed by atoms with Gasteiger partial charge >= 0.3 is 0 Å². The first-order chi connectivity index (χ1) is 12.3. The summed E-state index contributed by atoms with van der Waals surface area (Å²) in [4.78, 5) is 6.65. The summed E-state index contributed by atoms with van der Waals surface area (Å²) < 4.78 is 13.7. The second kappa shape index (κ2) is 8.51. The predicted molar refractivity (Wildman–Crippen MR) is 101 cm³/mol. The van der Waals surface area contributed by atoms with E-state index in [1.54, 1.807) is 19.2 Å². The first-order valence-corrected chi connectivity index (χ1v) is 8.74. The SMILES string of the molecule is CN=C(NCc1ccccc1F)NCC1CCN(c2ccccc2)C1. The third-order valence-corrected chi connectivity index (χ3v) is 4.59. The maximum absolute atomic E-state index is 13.7. The van der Waals surface area contributed by atoms with Crippen molar-refractivity contribution in [2.45, 2.75) is 13.0 Å². The number of halogens is 1. The van der Waals surface area contributed by atoms with Crippen molar-refractivity contribution < 1.29 is 4.39 Å². The van der Waals surface area contributed by atoms with Crippen LogP contribution in [0.25, 0.3) is 0 Å². The van der Waals surface area contributed by atoms with Crippen LogP contribution in [0.4, 0.5) is 10.1 Å². The fourth-order valence-electron chi connectivity index (χ4n) is 3.15. The number of rotatable bonds is 5. The Morgan fingerprint density at radius 2 is 1.88 bits per heavy atom. The summed E-state index contributed by atoms with van der Waals surface area (Å²) in [6.45, 7) is 3.41. The van der Waals surface area contributed by atoms with Crippen LogP contribution < -0.4 is 15.5 Å². The van der Waals surface area contributed by atoms with Gasteiger partial charge in [-0.2, -0.15) is 0 Å². The standard InChI is InChI=1S/C20H25FN4/c1-22-20(24-14-17-7-5-6-10-19(17)21)23-13-16-11-12-25(15-16)18-8-3-2-4-9-18/h2-10,16H,11-15H2,1H3,(H2,22,23,24). The quantitative estimate of drug-likeness (QED) is 0.649. The van der Waals surface area contributed by atoms with Crippen LogP contribution in [0.3, 0.4) is 0 Å². The third-order valence-electron chi connectivity index (χ3n) is 4.59. The zero-order valence-electron chi connectivity index (χ0n) is 14.6. The molecule has 25 heavy (non-hydrogen) atoms. The molecule has 3 rings (SSSR count). The Bertz CT molecular complexity index is 702. The molecule has 0 saturated carbocycles. The summed E-state index contributed by atoms with van der Waals surface area (Å²) in [5, 5.41) is 6.54. The van der Waals surface area contributed by atoms with E-state index in [2.05, 4.69) is 44.8 Å². The molecule has 1 aliphatic heterocycles. The van der Waals surface area contributed by atoms with Gasteiger partial charge in [-0.15, -0.1) is 0 Å². The van der Waals surface area contributed by atoms with Crippen molar-refractivity contribution in [2.75, 3.05) is 31.6 Å². The molecule has 4 nitrogen and oxygen atoms in total. The summed E-state index contributed by atoms with van der Waals surface area (Å²) >= 11 is 0. The summed E-state index contributed by atoms with van der Waals surface area (Å²) in [5.74, 6) is 1.09. The highest BCUT2D eigenvalue weighted by Crippen LogP contribution is 2.22. The number of para-hydroxylation sites is 1. The number of benzene rings is 2. The van der Waals surface area contributed by atoms with Gasteiger partial charge in [0.15, 0.2) is 5.96 Å². The van der Waals surface area contributed by atoms with E-state index in [4.69, 9.17) is 0 Å². The van der Waals surface area contributed by atoms with Gasteiger partial charge in [-0.3, -0.25) is 4.99 Å². The number of aliphatic imine (C=N–C) groups is 1. The first kappa shape index (κ1) is 17.3. The van der Waals surface area contributed by atoms with E-state index in [1.165, 1.54) is 11.8 Å². The molecule has 0 aromatic heterocycles. The van der Waals surface area contributed by atoms with Crippen LogP contribution in [0.2, 0.25) is 0 Å². The van der Waals surface area contributed by atoms with Gasteiger partial charge in [-0.1, -0.05) is 36.4 Å². The molecule has 5 heteroatoms. The molecule has 0 spiro atoms. The third kappa shape index (κ3) is 4.72. The Morgan fingerprint density at radius 1 is 1.12 bits per heavy atom. The molecule has 1 aliphatic rings. The van der Waals surface area contributed by atoms with Gasteiger partial charge in [0.05, 0.1) is 0 Å². The Morgan fingerprint density at radius 3 is 2.64 bits per heavy atom. The minimum absolute atomic E-state index is 0.195. The fourth-order valence-corrected chi connectivity index (χ4v) is 3.15. The van der Waals surface area contributed by atoms with Crippen LogP contribution in [0, 0.1) is 11.7 Å². The molecule has 0 radical (unpaired) electrons. The van der Waals surface area contributed by atoms with Crippen molar-refractivity contribution in [3.8, 4) is 0 Å². The molecule has 1 heterocycles. The Kier molecular flexibility index (Phi) is 5.88. The van der Waals surface area contributed by atoms with Gasteiger partial charge in [0.1, 0.15) is 5.82 Å². The lowest BCUT2D eigenvalue weighted by molar-refractivity contribution is 0.563. The lowest BCUT2D eigenvalue weighted by Crippen LogP contribution is -2.40. The summed E-state index contributed by atoms with van der Waals surface area (Å²) in [6, 6.07) is 17.3. The van der Waals surface area contributed by atoms with E-state index >= 15 is 0 Å². The lowest BCUT2D eigenvalue weighted by Gasteiger charge is -2.19. The summed E-state index contributed by atoms with van der Waals surface area (Å²) in [5.41, 5.74) is 1.92. The fraction of sp³-hybridized carbons (Fsp3) is 0.350. The molecule has 2 N–H and O–H groups in total. The highest BCUT2D eigenvalue weighted by atomic mass is 19.1. The van der Waals surface area contributed by atoms with Crippen molar-refractivity contribution in [1.29, 1.82) is 0 Å². The van der Waals surface area contributed by atoms with Crippen molar-refractivity contribution in [3.05, 3.63) is 66.0 Å². The van der Waals surface area contributed by atoms with E-state index in [9.17, 15) is 4.39 Å². The van der Waals surface area contributed by atoms with Gasteiger partial charge in [-0.05, 0) is 30.5 Å². The molecular weight excluding hydrogens is 315 g/mol. The van der Waals surface area contributed by atoms with Crippen molar-refractivity contribution in [3.63, 3.8) is 0 Å². The molecule has 0 aliphatic carbocycles. The number of hydrogen-bond acceptors (Lipinski definition) is 2. The van der Waals surface area contributed by atoms with Gasteiger partial charge in [-0.25, -0.2) is 4.39 Å². The van der Waals surface area contributed by atoms with Crippen molar-refractivity contribution >= 4 is 11.6 Å². The molecule has 1 fully saturated rings. The second-order valence-corrected chi connectivity index (χ2v) is 6.33. The van der Waals surface area contributed by atoms with Gasteiger partial charge < -0.3 is 15.5 Å². The van der Waals surface area contributed by atoms with E-state index in [-0.39, 0.29) is 5.82 Å². The van der Waals surface area contributed by atoms with Crippen LogP contribution in [-0.4, -0.2) is 32.6 Å². The molecule has 1 unspecified atom stereocenters. The number of nitrogens with one attached hydrogen (secondary N) is 2. The molecule has 2 aromatic rings. The monoisotopic (exact) mass is 340 g/mol. The molecule has 1 atom stereocenters. The molecule has 1 saturated heterocycles. The van der Waals surface area contributed by atoms with E-state index < -0.39 is 0 Å². The zero-order valence-corrected chi connectivity index (χ0v) is 14.6. The van der Waals surface area contributed by atoms with E-state index in [0.717, 1.165) is 26.1 Å². The average Bonchev–Trinajstić information content (AvgIpc) is 3.13. The van der Waals surface area contributed by atoms with Gasteiger partial charge in [0.2, 0.25) is 0 Å². The highest BCUT2D eigenvalue weighted by Gasteiger charge is 2.22. The lowest BCUT2D eigenvalue weighted by atomic mass is 10.1. The van der Waals surface area contributed by atoms with E-state index in [0.29, 0.717) is 24.0 Å². The van der Waals surface area contributed by atoms with Crippen LogP contribution in [0.5, 0.6) is 0 Å². The van der Waals surface area contributed by atoms with Crippen molar-refractivity contribution in [2.24, 2.45) is 10.9 Å². The summed E-state index contributed by atoms with van der Waals surface area (Å²) in [6.07, 6.45) is 1.16. The molecule has 2 aromatic carbocycles. The van der Waals surface area contributed by atoms with Crippen LogP contribution >= 0.6 is 0 Å². The van der Waals surface area contributed by atoms with Crippen molar-refractivity contribution in [1.82, 2.24) is 10.6 Å². The summed E-state index contributed by atoms with van der Waals surface area (Å²) in [7, 11) is 1.74. The maximum Gasteiger partial charge on any atom is 0.191 e. The Balaban J connectivity index is 1.45.